The largest absolute Gasteiger partial charge is 0.461 e. The third-order valence-electron chi connectivity index (χ3n) is 3.48. The third kappa shape index (κ3) is 2.77. The van der Waals surface area contributed by atoms with Gasteiger partial charge >= 0.3 is 5.97 Å². The first-order valence-corrected chi connectivity index (χ1v) is 7.32. The lowest BCUT2D eigenvalue weighted by Crippen LogP contribution is -2.07. The van der Waals surface area contributed by atoms with Crippen LogP contribution in [-0.2, 0) is 11.3 Å². The minimum Gasteiger partial charge on any atom is -0.461 e. The number of nitrogens with zero attached hydrogens (tertiary/aromatic N) is 2. The minimum atomic E-state index is -0.511. The van der Waals surface area contributed by atoms with Crippen molar-refractivity contribution < 1.29 is 18.5 Å². The average molecular weight is 320 g/mol. The summed E-state index contributed by atoms with van der Waals surface area (Å²) in [4.78, 5) is 16.4. The van der Waals surface area contributed by atoms with Crippen molar-refractivity contribution in [2.45, 2.75) is 6.61 Å². The van der Waals surface area contributed by atoms with Gasteiger partial charge in [0.1, 0.15) is 18.0 Å². The zero-order valence-electron chi connectivity index (χ0n) is 12.5. The normalized spacial score (nSPS) is 10.8. The number of rotatable bonds is 4. The van der Waals surface area contributed by atoms with Gasteiger partial charge < -0.3 is 13.7 Å². The van der Waals surface area contributed by atoms with E-state index in [4.69, 9.17) is 13.7 Å². The molecule has 24 heavy (non-hydrogen) atoms. The van der Waals surface area contributed by atoms with Gasteiger partial charge in [0.05, 0.1) is 11.8 Å². The Labute approximate surface area is 136 Å². The summed E-state index contributed by atoms with van der Waals surface area (Å²) in [5.41, 5.74) is 1.49. The molecule has 4 aromatic rings. The van der Waals surface area contributed by atoms with Crippen LogP contribution in [0.3, 0.4) is 0 Å². The van der Waals surface area contributed by atoms with E-state index in [0.29, 0.717) is 17.2 Å². The number of carbonyl (C=O) groups excluding carboxylic acids is 1. The summed E-state index contributed by atoms with van der Waals surface area (Å²) < 4.78 is 15.6. The number of carbonyl (C=O) groups is 1. The van der Waals surface area contributed by atoms with E-state index >= 15 is 0 Å². The molecule has 6 heteroatoms. The highest BCUT2D eigenvalue weighted by molar-refractivity contribution is 5.90. The molecule has 118 valence electrons. The molecule has 0 bridgehead atoms. The molecule has 0 spiro atoms. The Balaban J connectivity index is 1.46. The van der Waals surface area contributed by atoms with Crippen LogP contribution in [0.25, 0.3) is 22.4 Å². The first-order valence-electron chi connectivity index (χ1n) is 7.32. The van der Waals surface area contributed by atoms with E-state index in [0.717, 1.165) is 10.9 Å². The third-order valence-corrected chi connectivity index (χ3v) is 3.48. The van der Waals surface area contributed by atoms with E-state index in [2.05, 4.69) is 10.1 Å². The van der Waals surface area contributed by atoms with Gasteiger partial charge in [-0.3, -0.25) is 0 Å². The number of para-hydroxylation sites is 1. The Morgan fingerprint density at radius 1 is 1.04 bits per heavy atom. The molecule has 3 heterocycles. The molecule has 0 radical (unpaired) electrons. The predicted octanol–water partition coefficient (Wildman–Crippen LogP) is 3.84. The highest BCUT2D eigenvalue weighted by atomic mass is 16.5. The molecule has 0 atom stereocenters. The van der Waals surface area contributed by atoms with E-state index < -0.39 is 5.97 Å². The van der Waals surface area contributed by atoms with Crippen LogP contribution in [0.1, 0.15) is 16.2 Å². The Morgan fingerprint density at radius 3 is 2.83 bits per heavy atom. The molecule has 0 saturated heterocycles. The number of esters is 1. The first-order chi connectivity index (χ1) is 11.8. The molecule has 0 unspecified atom stereocenters. The van der Waals surface area contributed by atoms with Crippen LogP contribution in [0, 0.1) is 0 Å². The lowest BCUT2D eigenvalue weighted by Gasteiger charge is -2.03. The molecule has 0 fully saturated rings. The molecule has 0 saturated carbocycles. The average Bonchev–Trinajstić information content (AvgIpc) is 3.30. The van der Waals surface area contributed by atoms with E-state index in [1.807, 2.05) is 30.3 Å². The van der Waals surface area contributed by atoms with Gasteiger partial charge in [-0.05, 0) is 24.3 Å². The molecule has 4 rings (SSSR count). The fourth-order valence-corrected chi connectivity index (χ4v) is 2.31. The van der Waals surface area contributed by atoms with Crippen LogP contribution in [-0.4, -0.2) is 16.1 Å². The summed E-state index contributed by atoms with van der Waals surface area (Å²) in [6, 6.07) is 16.2. The summed E-state index contributed by atoms with van der Waals surface area (Å²) >= 11 is 0. The molecule has 0 aliphatic carbocycles. The van der Waals surface area contributed by atoms with E-state index in [9.17, 15) is 4.79 Å². The van der Waals surface area contributed by atoms with Gasteiger partial charge in [-0.2, -0.15) is 0 Å². The fraction of sp³-hybridized carbons (Fsp3) is 0.0556. The summed E-state index contributed by atoms with van der Waals surface area (Å²) in [5, 5.41) is 4.82. The van der Waals surface area contributed by atoms with Crippen molar-refractivity contribution in [2.24, 2.45) is 0 Å². The van der Waals surface area contributed by atoms with Gasteiger partial charge in [-0.25, -0.2) is 9.78 Å². The Bertz CT molecular complexity index is 989. The standard InChI is InChI=1S/C18H12N2O4/c21-18(15-8-7-12-4-1-2-5-14(12)19-15)23-11-13-10-17(24-20-13)16-6-3-9-22-16/h1-10H,11H2. The van der Waals surface area contributed by atoms with Gasteiger partial charge in [-0.1, -0.05) is 29.4 Å². The number of hydrogen-bond acceptors (Lipinski definition) is 6. The summed E-state index contributed by atoms with van der Waals surface area (Å²) in [5.74, 6) is 0.537. The lowest BCUT2D eigenvalue weighted by molar-refractivity contribution is 0.0458. The van der Waals surface area contributed by atoms with Gasteiger partial charge in [0.25, 0.3) is 0 Å². The molecule has 0 amide bonds. The second-order valence-electron chi connectivity index (χ2n) is 5.13. The second kappa shape index (κ2) is 6.00. The second-order valence-corrected chi connectivity index (χ2v) is 5.13. The van der Waals surface area contributed by atoms with Crippen LogP contribution in [0.15, 0.2) is 69.8 Å². The fourth-order valence-electron chi connectivity index (χ4n) is 2.31. The number of benzene rings is 1. The summed E-state index contributed by atoms with van der Waals surface area (Å²) in [6.45, 7) is -0.00243. The van der Waals surface area contributed by atoms with Crippen LogP contribution in [0.4, 0.5) is 0 Å². The maximum absolute atomic E-state index is 12.1. The maximum Gasteiger partial charge on any atom is 0.357 e. The van der Waals surface area contributed by atoms with Gasteiger partial charge in [-0.15, -0.1) is 0 Å². The van der Waals surface area contributed by atoms with Crippen molar-refractivity contribution >= 4 is 16.9 Å². The van der Waals surface area contributed by atoms with Gasteiger partial charge in [0, 0.05) is 11.5 Å². The highest BCUT2D eigenvalue weighted by Gasteiger charge is 2.13. The van der Waals surface area contributed by atoms with Crippen molar-refractivity contribution in [3.05, 3.63) is 72.2 Å². The van der Waals surface area contributed by atoms with Crippen molar-refractivity contribution in [1.82, 2.24) is 10.1 Å². The number of aromatic nitrogens is 2. The van der Waals surface area contributed by atoms with Gasteiger partial charge in [0.15, 0.2) is 5.76 Å². The number of furan rings is 1. The van der Waals surface area contributed by atoms with Crippen molar-refractivity contribution in [1.29, 1.82) is 0 Å². The Hall–Kier alpha value is -3.41. The van der Waals surface area contributed by atoms with Gasteiger partial charge in [0.2, 0.25) is 5.76 Å². The first kappa shape index (κ1) is 14.2. The zero-order chi connectivity index (χ0) is 16.4. The molecule has 1 aromatic carbocycles. The molecule has 0 N–H and O–H groups in total. The quantitative estimate of drug-likeness (QED) is 0.532. The predicted molar refractivity (Wildman–Crippen MR) is 85.1 cm³/mol. The van der Waals surface area contributed by atoms with Crippen molar-refractivity contribution in [2.75, 3.05) is 0 Å². The van der Waals surface area contributed by atoms with E-state index in [1.165, 1.54) is 0 Å². The van der Waals surface area contributed by atoms with Crippen LogP contribution in [0.5, 0.6) is 0 Å². The summed E-state index contributed by atoms with van der Waals surface area (Å²) in [6.07, 6.45) is 1.54. The Kier molecular flexibility index (Phi) is 3.55. The molecular weight excluding hydrogens is 308 g/mol. The van der Waals surface area contributed by atoms with E-state index in [1.54, 1.807) is 30.5 Å². The lowest BCUT2D eigenvalue weighted by atomic mass is 10.2. The zero-order valence-corrected chi connectivity index (χ0v) is 12.5. The van der Waals surface area contributed by atoms with Crippen molar-refractivity contribution in [3.8, 4) is 11.5 Å². The van der Waals surface area contributed by atoms with E-state index in [-0.39, 0.29) is 12.3 Å². The summed E-state index contributed by atoms with van der Waals surface area (Å²) in [7, 11) is 0. The minimum absolute atomic E-state index is 0.00243. The number of ether oxygens (including phenoxy) is 1. The van der Waals surface area contributed by atoms with Crippen LogP contribution >= 0.6 is 0 Å². The molecule has 3 aromatic heterocycles. The van der Waals surface area contributed by atoms with Crippen molar-refractivity contribution in [3.63, 3.8) is 0 Å². The Morgan fingerprint density at radius 2 is 1.96 bits per heavy atom. The smallest absolute Gasteiger partial charge is 0.357 e. The maximum atomic E-state index is 12.1. The number of pyridine rings is 1. The SMILES string of the molecule is O=C(OCc1cc(-c2ccco2)on1)c1ccc2ccccc2n1. The molecule has 6 nitrogen and oxygen atoms in total. The molecule has 0 aliphatic rings. The monoisotopic (exact) mass is 320 g/mol. The molecule has 0 aliphatic heterocycles. The number of hydrogen-bond donors (Lipinski definition) is 0. The molecular formula is C18H12N2O4. The highest BCUT2D eigenvalue weighted by Crippen LogP contribution is 2.21. The topological polar surface area (TPSA) is 78.4 Å². The van der Waals surface area contributed by atoms with Crippen LogP contribution < -0.4 is 0 Å². The van der Waals surface area contributed by atoms with Crippen LogP contribution in [0.2, 0.25) is 0 Å². The number of fused-ring (bicyclic) bond motifs is 1.